The van der Waals surface area contributed by atoms with Gasteiger partial charge in [-0.2, -0.15) is 0 Å². The number of thioether (sulfide) groups is 1. The van der Waals surface area contributed by atoms with Crippen molar-refractivity contribution in [2.75, 3.05) is 13.2 Å². The first-order valence-electron chi connectivity index (χ1n) is 13.4. The van der Waals surface area contributed by atoms with Crippen LogP contribution in [0.3, 0.4) is 0 Å². The van der Waals surface area contributed by atoms with Crippen molar-refractivity contribution in [1.29, 1.82) is 0 Å². The van der Waals surface area contributed by atoms with Crippen LogP contribution in [-0.2, 0) is 0 Å². The zero-order chi connectivity index (χ0) is 25.6. The van der Waals surface area contributed by atoms with Gasteiger partial charge in [-0.3, -0.25) is 0 Å². The lowest BCUT2D eigenvalue weighted by Crippen LogP contribution is -2.34. The number of aryl methyl sites for hydroxylation is 2. The number of allylic oxidation sites excluding steroid dienone is 1. The number of ether oxygens (including phenoxy) is 2. The Balaban J connectivity index is 1.34. The van der Waals surface area contributed by atoms with Gasteiger partial charge in [0, 0.05) is 11.0 Å². The van der Waals surface area contributed by atoms with E-state index in [4.69, 9.17) is 14.5 Å². The first kappa shape index (κ1) is 23.4. The number of hydrogen-bond acceptors (Lipinski definition) is 5. The molecule has 0 N–H and O–H groups in total. The fourth-order valence-electron chi connectivity index (χ4n) is 5.74. The maximum absolute atomic E-state index is 5.92. The summed E-state index contributed by atoms with van der Waals surface area (Å²) in [5.41, 5.74) is 11.3. The summed E-state index contributed by atoms with van der Waals surface area (Å²) in [6, 6.07) is 24.2. The van der Waals surface area contributed by atoms with Gasteiger partial charge >= 0.3 is 0 Å². The van der Waals surface area contributed by atoms with Crippen LogP contribution in [0.5, 0.6) is 11.5 Å². The van der Waals surface area contributed by atoms with E-state index in [2.05, 4.69) is 90.9 Å². The van der Waals surface area contributed by atoms with E-state index in [1.165, 1.54) is 39.1 Å². The van der Waals surface area contributed by atoms with Crippen molar-refractivity contribution in [3.8, 4) is 11.5 Å². The highest BCUT2D eigenvalue weighted by Crippen LogP contribution is 2.51. The third-order valence-corrected chi connectivity index (χ3v) is 8.53. The number of nitrogens with zero attached hydrogens (tertiary/aromatic N) is 2. The van der Waals surface area contributed by atoms with E-state index in [1.54, 1.807) is 11.8 Å². The Labute approximate surface area is 228 Å². The molecule has 0 aromatic heterocycles. The van der Waals surface area contributed by atoms with E-state index >= 15 is 0 Å². The highest BCUT2D eigenvalue weighted by molar-refractivity contribution is 8.16. The number of fused-ring (bicyclic) bond motifs is 2. The number of amidine groups is 1. The molecule has 190 valence electrons. The Morgan fingerprint density at radius 1 is 0.868 bits per heavy atom. The molecule has 1 atom stereocenters. The van der Waals surface area contributed by atoms with E-state index in [0.29, 0.717) is 13.2 Å². The summed E-state index contributed by atoms with van der Waals surface area (Å²) in [6.45, 7) is 5.46. The molecule has 4 nitrogen and oxygen atoms in total. The molecule has 38 heavy (non-hydrogen) atoms. The standard InChI is InChI=1S/C33H30N2O2S/c1-21-6-10-23(11-7-21)18-26-4-3-5-27-31(26)34-33-35(32(27)24-12-8-22(2)9-13-24)28(20-38-33)25-14-15-29-30(19-25)37-17-16-36-29/h6-15,18-20,32H,3-5,16-17H2,1-2H3/b26-18+. The summed E-state index contributed by atoms with van der Waals surface area (Å²) in [7, 11) is 0. The van der Waals surface area contributed by atoms with Gasteiger partial charge in [0.05, 0.1) is 17.4 Å². The monoisotopic (exact) mass is 518 g/mol. The van der Waals surface area contributed by atoms with E-state index in [-0.39, 0.29) is 6.04 Å². The molecule has 0 bridgehead atoms. The lowest BCUT2D eigenvalue weighted by Gasteiger charge is -2.40. The molecular formula is C33H30N2O2S. The van der Waals surface area contributed by atoms with Gasteiger partial charge < -0.3 is 14.4 Å². The number of hydrogen-bond donors (Lipinski definition) is 0. The summed E-state index contributed by atoms with van der Waals surface area (Å²) >= 11 is 1.71. The van der Waals surface area contributed by atoms with E-state index < -0.39 is 0 Å². The van der Waals surface area contributed by atoms with Crippen LogP contribution in [0.25, 0.3) is 11.8 Å². The minimum Gasteiger partial charge on any atom is -0.486 e. The van der Waals surface area contributed by atoms with Gasteiger partial charge in [-0.15, -0.1) is 0 Å². The van der Waals surface area contributed by atoms with Crippen LogP contribution in [0.1, 0.15) is 53.1 Å². The van der Waals surface area contributed by atoms with Gasteiger partial charge in [0.1, 0.15) is 13.2 Å². The lowest BCUT2D eigenvalue weighted by molar-refractivity contribution is 0.171. The Bertz CT molecular complexity index is 1530. The van der Waals surface area contributed by atoms with Crippen molar-refractivity contribution in [2.24, 2.45) is 4.99 Å². The summed E-state index contributed by atoms with van der Waals surface area (Å²) < 4.78 is 11.7. The molecule has 0 saturated carbocycles. The smallest absolute Gasteiger partial charge is 0.174 e. The van der Waals surface area contributed by atoms with Crippen LogP contribution in [-0.4, -0.2) is 23.3 Å². The molecule has 3 aromatic rings. The second kappa shape index (κ2) is 9.55. The van der Waals surface area contributed by atoms with E-state index in [9.17, 15) is 0 Å². The minimum absolute atomic E-state index is 0.106. The molecule has 3 aromatic carbocycles. The van der Waals surface area contributed by atoms with Gasteiger partial charge in [-0.25, -0.2) is 4.99 Å². The summed E-state index contributed by atoms with van der Waals surface area (Å²) in [5.74, 6) is 1.63. The normalized spacial score (nSPS) is 21.2. The lowest BCUT2D eigenvalue weighted by atomic mass is 9.82. The van der Waals surface area contributed by atoms with Crippen molar-refractivity contribution < 1.29 is 9.47 Å². The Morgan fingerprint density at radius 3 is 2.39 bits per heavy atom. The molecule has 3 heterocycles. The molecule has 0 fully saturated rings. The maximum atomic E-state index is 5.92. The van der Waals surface area contributed by atoms with Gasteiger partial charge in [-0.1, -0.05) is 71.4 Å². The predicted molar refractivity (Wildman–Crippen MR) is 156 cm³/mol. The second-order valence-electron chi connectivity index (χ2n) is 10.4. The van der Waals surface area contributed by atoms with Gasteiger partial charge in [0.2, 0.25) is 0 Å². The van der Waals surface area contributed by atoms with Crippen LogP contribution in [0, 0.1) is 13.8 Å². The topological polar surface area (TPSA) is 34.1 Å². The zero-order valence-corrected chi connectivity index (χ0v) is 22.6. The Morgan fingerprint density at radius 2 is 1.61 bits per heavy atom. The molecule has 0 spiro atoms. The second-order valence-corrected chi connectivity index (χ2v) is 11.2. The fourth-order valence-corrected chi connectivity index (χ4v) is 6.67. The van der Waals surface area contributed by atoms with Gasteiger partial charge in [0.25, 0.3) is 0 Å². The molecule has 0 saturated heterocycles. The number of rotatable bonds is 3. The molecule has 4 aliphatic rings. The van der Waals surface area contributed by atoms with Crippen LogP contribution < -0.4 is 9.47 Å². The third-order valence-electron chi connectivity index (χ3n) is 7.69. The molecular weight excluding hydrogens is 488 g/mol. The maximum Gasteiger partial charge on any atom is 0.174 e. The molecule has 0 radical (unpaired) electrons. The first-order valence-corrected chi connectivity index (χ1v) is 14.2. The van der Waals surface area contributed by atoms with Gasteiger partial charge in [-0.05, 0) is 79.7 Å². The van der Waals surface area contributed by atoms with Crippen LogP contribution in [0.4, 0.5) is 0 Å². The van der Waals surface area contributed by atoms with Crippen LogP contribution in [0.2, 0.25) is 0 Å². The minimum atomic E-state index is 0.106. The molecule has 0 amide bonds. The fraction of sp³-hybridized carbons (Fsp3) is 0.242. The van der Waals surface area contributed by atoms with Crippen molar-refractivity contribution in [3.63, 3.8) is 0 Å². The number of aliphatic imine (C=N–C) groups is 1. The average Bonchev–Trinajstić information content (AvgIpc) is 3.37. The Hall–Kier alpha value is -3.70. The van der Waals surface area contributed by atoms with Gasteiger partial charge in [0.15, 0.2) is 16.7 Å². The molecule has 5 heteroatoms. The predicted octanol–water partition coefficient (Wildman–Crippen LogP) is 8.05. The molecule has 3 aliphatic heterocycles. The Kier molecular flexibility index (Phi) is 5.89. The van der Waals surface area contributed by atoms with Crippen molar-refractivity contribution in [1.82, 2.24) is 4.90 Å². The highest BCUT2D eigenvalue weighted by atomic mass is 32.2. The summed E-state index contributed by atoms with van der Waals surface area (Å²) in [6.07, 6.45) is 5.57. The number of benzene rings is 3. The van der Waals surface area contributed by atoms with Crippen molar-refractivity contribution in [3.05, 3.63) is 117 Å². The van der Waals surface area contributed by atoms with E-state index in [1.807, 2.05) is 6.07 Å². The van der Waals surface area contributed by atoms with Crippen LogP contribution in [0.15, 0.2) is 94.0 Å². The van der Waals surface area contributed by atoms with E-state index in [0.717, 1.165) is 47.2 Å². The highest BCUT2D eigenvalue weighted by Gasteiger charge is 2.40. The molecule has 7 rings (SSSR count). The first-order chi connectivity index (χ1) is 18.6. The molecule has 1 aliphatic carbocycles. The quantitative estimate of drug-likeness (QED) is 0.351. The average molecular weight is 519 g/mol. The largest absolute Gasteiger partial charge is 0.486 e. The zero-order valence-electron chi connectivity index (χ0n) is 21.7. The third kappa shape index (κ3) is 4.15. The SMILES string of the molecule is Cc1ccc(/C=C2\CCCC3=C2N=C2SC=C(c4ccc5c(c4)OCCO5)N2C3c2ccc(C)cc2)cc1. The summed E-state index contributed by atoms with van der Waals surface area (Å²) in [5, 5.41) is 3.28. The molecule has 1 unspecified atom stereocenters. The van der Waals surface area contributed by atoms with Crippen molar-refractivity contribution in [2.45, 2.75) is 39.2 Å². The summed E-state index contributed by atoms with van der Waals surface area (Å²) in [4.78, 5) is 7.77. The van der Waals surface area contributed by atoms with Crippen LogP contribution >= 0.6 is 11.8 Å². The van der Waals surface area contributed by atoms with Crippen molar-refractivity contribution >= 4 is 28.7 Å².